The molecule has 1 aromatic heterocycles. The highest BCUT2D eigenvalue weighted by atomic mass is 19.1. The summed E-state index contributed by atoms with van der Waals surface area (Å²) in [7, 11) is 0. The van der Waals surface area contributed by atoms with Gasteiger partial charge in [-0.2, -0.15) is 0 Å². The van der Waals surface area contributed by atoms with Crippen molar-refractivity contribution in [2.75, 3.05) is 4.90 Å². The van der Waals surface area contributed by atoms with Gasteiger partial charge in [0, 0.05) is 34.7 Å². The molecule has 5 nitrogen and oxygen atoms in total. The highest BCUT2D eigenvalue weighted by Gasteiger charge is 2.36. The van der Waals surface area contributed by atoms with Crippen LogP contribution in [0.2, 0.25) is 0 Å². The van der Waals surface area contributed by atoms with Crippen LogP contribution in [-0.4, -0.2) is 22.3 Å². The number of amides is 2. The molecule has 0 bridgehead atoms. The topological polar surface area (TPSA) is 62.3 Å². The van der Waals surface area contributed by atoms with Gasteiger partial charge in [-0.1, -0.05) is 18.2 Å². The van der Waals surface area contributed by atoms with Gasteiger partial charge in [0.2, 0.25) is 5.91 Å². The van der Waals surface area contributed by atoms with Gasteiger partial charge in [0.25, 0.3) is 5.91 Å². The minimum absolute atomic E-state index is 0.289. The van der Waals surface area contributed by atoms with E-state index in [2.05, 4.69) is 16.4 Å². The normalized spacial score (nSPS) is 14.1. The molecule has 1 heterocycles. The number of fused-ring (bicyclic) bond motifs is 1. The average molecular weight is 460 g/mol. The number of aromatic nitrogens is 1. The van der Waals surface area contributed by atoms with Gasteiger partial charge in [0.1, 0.15) is 11.9 Å². The van der Waals surface area contributed by atoms with Gasteiger partial charge in [-0.25, -0.2) is 4.39 Å². The number of carbonyl (C=O) groups is 2. The van der Waals surface area contributed by atoms with E-state index in [0.29, 0.717) is 16.8 Å². The highest BCUT2D eigenvalue weighted by Crippen LogP contribution is 2.33. The Balaban J connectivity index is 1.88. The van der Waals surface area contributed by atoms with E-state index < -0.39 is 17.4 Å². The molecule has 6 heteroatoms. The molecule has 0 saturated heterocycles. The third-order valence-corrected chi connectivity index (χ3v) is 5.95. The summed E-state index contributed by atoms with van der Waals surface area (Å²) in [5.41, 5.74) is 3.30. The number of aryl methyl sites for hydroxylation is 1. The molecule has 34 heavy (non-hydrogen) atoms. The van der Waals surface area contributed by atoms with Crippen LogP contribution in [0.1, 0.15) is 66.7 Å². The fraction of sp³-hybridized carbons (Fsp3) is 0.321. The van der Waals surface area contributed by atoms with Gasteiger partial charge in [-0.15, -0.1) is 0 Å². The second-order valence-corrected chi connectivity index (χ2v) is 9.73. The molecule has 2 aromatic carbocycles. The molecule has 1 unspecified atom stereocenters. The van der Waals surface area contributed by atoms with E-state index in [0.717, 1.165) is 31.2 Å². The van der Waals surface area contributed by atoms with E-state index >= 15 is 0 Å². The summed E-state index contributed by atoms with van der Waals surface area (Å²) < 4.78 is 13.8. The smallest absolute Gasteiger partial charge is 0.259 e. The molecule has 1 atom stereocenters. The van der Waals surface area contributed by atoms with Crippen LogP contribution in [0, 0.1) is 5.82 Å². The second-order valence-electron chi connectivity index (χ2n) is 9.73. The van der Waals surface area contributed by atoms with E-state index in [-0.39, 0.29) is 11.8 Å². The van der Waals surface area contributed by atoms with Gasteiger partial charge in [0.15, 0.2) is 0 Å². The molecular weight excluding hydrogens is 429 g/mol. The Morgan fingerprint density at radius 2 is 1.74 bits per heavy atom. The Bertz CT molecular complexity index is 1170. The van der Waals surface area contributed by atoms with Crippen molar-refractivity contribution in [3.8, 4) is 0 Å². The van der Waals surface area contributed by atoms with Crippen LogP contribution < -0.4 is 10.2 Å². The second kappa shape index (κ2) is 9.75. The molecular formula is C28H30FN3O2. The lowest BCUT2D eigenvalue weighted by Crippen LogP contribution is -2.49. The standard InChI is InChI=1S/C28H30FN3O2/c1-28(2,3)31-26(33)25(20-10-7-17-30-18-20)32(22-15-13-21(29)14-16-22)27(34)24-12-6-9-19-8-4-5-11-23(19)24/h6-7,9-10,12-18,25H,4-5,8,11H2,1-3H3,(H,31,33). The fourth-order valence-corrected chi connectivity index (χ4v) is 4.49. The summed E-state index contributed by atoms with van der Waals surface area (Å²) in [5, 5.41) is 3.01. The predicted octanol–water partition coefficient (Wildman–Crippen LogP) is 5.40. The maximum Gasteiger partial charge on any atom is 0.259 e. The molecule has 4 rings (SSSR count). The van der Waals surface area contributed by atoms with Crippen LogP contribution >= 0.6 is 0 Å². The quantitative estimate of drug-likeness (QED) is 0.556. The van der Waals surface area contributed by atoms with Crippen molar-refractivity contribution in [3.05, 3.63) is 95.1 Å². The van der Waals surface area contributed by atoms with E-state index in [1.54, 1.807) is 24.5 Å². The van der Waals surface area contributed by atoms with E-state index in [1.165, 1.54) is 34.7 Å². The molecule has 3 aromatic rings. The zero-order valence-corrected chi connectivity index (χ0v) is 19.8. The first-order chi connectivity index (χ1) is 16.2. The number of benzene rings is 2. The van der Waals surface area contributed by atoms with Crippen LogP contribution in [0.5, 0.6) is 0 Å². The van der Waals surface area contributed by atoms with Gasteiger partial charge < -0.3 is 5.32 Å². The van der Waals surface area contributed by atoms with Gasteiger partial charge in [-0.05, 0) is 94.0 Å². The predicted molar refractivity (Wildman–Crippen MR) is 131 cm³/mol. The Labute approximate surface area is 200 Å². The highest BCUT2D eigenvalue weighted by molar-refractivity contribution is 6.11. The Morgan fingerprint density at radius 1 is 1.00 bits per heavy atom. The Kier molecular flexibility index (Phi) is 6.77. The first-order valence-corrected chi connectivity index (χ1v) is 11.7. The maximum atomic E-state index is 14.2. The lowest BCUT2D eigenvalue weighted by Gasteiger charge is -2.34. The summed E-state index contributed by atoms with van der Waals surface area (Å²) >= 11 is 0. The number of anilines is 1. The van der Waals surface area contributed by atoms with Gasteiger partial charge in [0.05, 0.1) is 0 Å². The summed E-state index contributed by atoms with van der Waals surface area (Å²) in [6.45, 7) is 5.68. The van der Waals surface area contributed by atoms with Crippen LogP contribution in [0.25, 0.3) is 0 Å². The Hall–Kier alpha value is -3.54. The molecule has 1 N–H and O–H groups in total. The van der Waals surface area contributed by atoms with E-state index in [9.17, 15) is 14.0 Å². The van der Waals surface area contributed by atoms with Crippen molar-refractivity contribution in [1.82, 2.24) is 10.3 Å². The number of nitrogens with one attached hydrogen (secondary N) is 1. The van der Waals surface area contributed by atoms with Crippen molar-refractivity contribution in [3.63, 3.8) is 0 Å². The molecule has 1 aliphatic rings. The Morgan fingerprint density at radius 3 is 2.41 bits per heavy atom. The largest absolute Gasteiger partial charge is 0.349 e. The first-order valence-electron chi connectivity index (χ1n) is 11.7. The number of pyridine rings is 1. The SMILES string of the molecule is CC(C)(C)NC(=O)C(c1cccnc1)N(C(=O)c1cccc2c1CCCC2)c1ccc(F)cc1. The minimum atomic E-state index is -0.981. The van der Waals surface area contributed by atoms with E-state index in [4.69, 9.17) is 0 Å². The van der Waals surface area contributed by atoms with Crippen molar-refractivity contribution >= 4 is 17.5 Å². The molecule has 0 saturated carbocycles. The molecule has 1 aliphatic carbocycles. The number of hydrogen-bond donors (Lipinski definition) is 1. The van der Waals surface area contributed by atoms with Crippen molar-refractivity contribution in [2.45, 2.75) is 58.0 Å². The number of nitrogens with zero attached hydrogens (tertiary/aromatic N) is 2. The fourth-order valence-electron chi connectivity index (χ4n) is 4.49. The summed E-state index contributed by atoms with van der Waals surface area (Å²) in [5.74, 6) is -1.03. The average Bonchev–Trinajstić information content (AvgIpc) is 2.82. The number of halogens is 1. The monoisotopic (exact) mass is 459 g/mol. The molecule has 0 radical (unpaired) electrons. The summed E-state index contributed by atoms with van der Waals surface area (Å²) in [6, 6.07) is 14.0. The minimum Gasteiger partial charge on any atom is -0.349 e. The lowest BCUT2D eigenvalue weighted by atomic mass is 9.87. The summed E-state index contributed by atoms with van der Waals surface area (Å²) in [4.78, 5) is 33.6. The number of rotatable bonds is 5. The zero-order chi connectivity index (χ0) is 24.3. The van der Waals surface area contributed by atoms with Gasteiger partial charge in [-0.3, -0.25) is 19.5 Å². The van der Waals surface area contributed by atoms with Crippen LogP contribution in [0.3, 0.4) is 0 Å². The van der Waals surface area contributed by atoms with E-state index in [1.807, 2.05) is 32.9 Å². The number of hydrogen-bond acceptors (Lipinski definition) is 3. The zero-order valence-electron chi connectivity index (χ0n) is 19.8. The molecule has 176 valence electrons. The summed E-state index contributed by atoms with van der Waals surface area (Å²) in [6.07, 6.45) is 7.09. The molecule has 0 aliphatic heterocycles. The van der Waals surface area contributed by atoms with Crippen molar-refractivity contribution in [2.24, 2.45) is 0 Å². The van der Waals surface area contributed by atoms with Crippen LogP contribution in [0.4, 0.5) is 10.1 Å². The molecule has 0 fully saturated rings. The van der Waals surface area contributed by atoms with Crippen molar-refractivity contribution in [1.29, 1.82) is 0 Å². The first kappa shape index (κ1) is 23.6. The van der Waals surface area contributed by atoms with Crippen molar-refractivity contribution < 1.29 is 14.0 Å². The maximum absolute atomic E-state index is 14.2. The molecule has 2 amide bonds. The third-order valence-electron chi connectivity index (χ3n) is 5.95. The van der Waals surface area contributed by atoms with Gasteiger partial charge >= 0.3 is 0 Å². The van der Waals surface area contributed by atoms with Crippen LogP contribution in [-0.2, 0) is 17.6 Å². The third kappa shape index (κ3) is 5.16. The molecule has 0 spiro atoms. The number of carbonyl (C=O) groups excluding carboxylic acids is 2. The lowest BCUT2D eigenvalue weighted by molar-refractivity contribution is -0.123. The van der Waals surface area contributed by atoms with Crippen LogP contribution in [0.15, 0.2) is 67.0 Å².